The van der Waals surface area contributed by atoms with E-state index in [9.17, 15) is 4.79 Å². The van der Waals surface area contributed by atoms with E-state index in [1.165, 1.54) is 19.3 Å². The molecule has 22 heavy (non-hydrogen) atoms. The highest BCUT2D eigenvalue weighted by Gasteiger charge is 2.31. The van der Waals surface area contributed by atoms with Gasteiger partial charge in [-0.2, -0.15) is 0 Å². The molecule has 1 saturated carbocycles. The van der Waals surface area contributed by atoms with Gasteiger partial charge in [0, 0.05) is 32.8 Å². The highest BCUT2D eigenvalue weighted by Crippen LogP contribution is 2.23. The fraction of sp³-hybridized carbons (Fsp3) is 0.941. The number of carbonyl (C=O) groups is 1. The molecular weight excluding hydrogens is 280 g/mol. The Labute approximate surface area is 134 Å². The maximum absolute atomic E-state index is 12.1. The molecule has 1 N–H and O–H groups in total. The summed E-state index contributed by atoms with van der Waals surface area (Å²) in [5.74, 6) is 0.520. The predicted octanol–water partition coefficient (Wildman–Crippen LogP) is 2.79. The quantitative estimate of drug-likeness (QED) is 0.867. The van der Waals surface area contributed by atoms with Crippen LogP contribution in [0.25, 0.3) is 0 Å². The Kier molecular flexibility index (Phi) is 6.09. The molecule has 1 amide bonds. The van der Waals surface area contributed by atoms with Crippen molar-refractivity contribution >= 4 is 6.09 Å². The standard InChI is InChI=1S/C17H32N2O3/c1-17(2,3)22-16(20)19-10-9-13(12-19)11-18-14-7-5-6-8-15(14)21-4/h13-15,18H,5-12H2,1-4H3. The summed E-state index contributed by atoms with van der Waals surface area (Å²) in [5.41, 5.74) is -0.415. The Balaban J connectivity index is 1.73. The van der Waals surface area contributed by atoms with Gasteiger partial charge >= 0.3 is 6.09 Å². The fourth-order valence-corrected chi connectivity index (χ4v) is 3.42. The van der Waals surface area contributed by atoms with E-state index in [0.29, 0.717) is 18.1 Å². The van der Waals surface area contributed by atoms with Crippen molar-refractivity contribution in [1.82, 2.24) is 10.2 Å². The fourth-order valence-electron chi connectivity index (χ4n) is 3.42. The molecule has 1 saturated heterocycles. The van der Waals surface area contributed by atoms with Gasteiger partial charge in [0.25, 0.3) is 0 Å². The molecule has 128 valence electrons. The Bertz CT molecular complexity index is 367. The van der Waals surface area contributed by atoms with Gasteiger partial charge in [-0.05, 0) is 46.0 Å². The topological polar surface area (TPSA) is 50.8 Å². The molecule has 0 spiro atoms. The maximum Gasteiger partial charge on any atom is 0.410 e. The van der Waals surface area contributed by atoms with E-state index < -0.39 is 5.60 Å². The van der Waals surface area contributed by atoms with Crippen LogP contribution in [0.3, 0.4) is 0 Å². The lowest BCUT2D eigenvalue weighted by Crippen LogP contribution is -2.45. The van der Waals surface area contributed by atoms with E-state index in [0.717, 1.165) is 32.5 Å². The largest absolute Gasteiger partial charge is 0.444 e. The molecule has 0 radical (unpaired) electrons. The predicted molar refractivity (Wildman–Crippen MR) is 87.0 cm³/mol. The average molecular weight is 312 g/mol. The summed E-state index contributed by atoms with van der Waals surface area (Å²) in [6.07, 6.45) is 6.12. The summed E-state index contributed by atoms with van der Waals surface area (Å²) in [6.45, 7) is 8.30. The molecule has 5 heteroatoms. The number of hydrogen-bond donors (Lipinski definition) is 1. The van der Waals surface area contributed by atoms with E-state index in [1.54, 1.807) is 0 Å². The molecule has 1 heterocycles. The molecule has 5 nitrogen and oxygen atoms in total. The zero-order valence-corrected chi connectivity index (χ0v) is 14.6. The third kappa shape index (κ3) is 5.13. The lowest BCUT2D eigenvalue weighted by molar-refractivity contribution is 0.0282. The smallest absolute Gasteiger partial charge is 0.410 e. The molecule has 3 unspecified atom stereocenters. The van der Waals surface area contributed by atoms with Gasteiger partial charge in [0.1, 0.15) is 5.60 Å². The Hall–Kier alpha value is -0.810. The summed E-state index contributed by atoms with van der Waals surface area (Å²) in [6, 6.07) is 0.467. The minimum atomic E-state index is -0.415. The average Bonchev–Trinajstić information content (AvgIpc) is 2.92. The minimum absolute atomic E-state index is 0.178. The van der Waals surface area contributed by atoms with Crippen molar-refractivity contribution in [2.24, 2.45) is 5.92 Å². The van der Waals surface area contributed by atoms with Crippen LogP contribution in [0, 0.1) is 5.92 Å². The number of ether oxygens (including phenoxy) is 2. The second-order valence-electron chi connectivity index (χ2n) is 7.65. The molecule has 2 rings (SSSR count). The van der Waals surface area contributed by atoms with Crippen LogP contribution in [0.15, 0.2) is 0 Å². The lowest BCUT2D eigenvalue weighted by Gasteiger charge is -2.32. The van der Waals surface area contributed by atoms with Gasteiger partial charge < -0.3 is 19.7 Å². The van der Waals surface area contributed by atoms with Crippen molar-refractivity contribution in [2.45, 2.75) is 70.6 Å². The second-order valence-corrected chi connectivity index (χ2v) is 7.65. The van der Waals surface area contributed by atoms with E-state index in [2.05, 4.69) is 5.32 Å². The van der Waals surface area contributed by atoms with E-state index in [4.69, 9.17) is 9.47 Å². The molecular formula is C17H32N2O3. The summed E-state index contributed by atoms with van der Waals surface area (Å²) >= 11 is 0. The lowest BCUT2D eigenvalue weighted by atomic mass is 9.92. The van der Waals surface area contributed by atoms with Gasteiger partial charge in [0.2, 0.25) is 0 Å². The number of nitrogens with zero attached hydrogens (tertiary/aromatic N) is 1. The van der Waals surface area contributed by atoms with Crippen molar-refractivity contribution in [3.05, 3.63) is 0 Å². The Morgan fingerprint density at radius 1 is 1.23 bits per heavy atom. The van der Waals surface area contributed by atoms with Crippen molar-refractivity contribution in [1.29, 1.82) is 0 Å². The molecule has 1 aliphatic heterocycles. The first-order valence-electron chi connectivity index (χ1n) is 8.63. The van der Waals surface area contributed by atoms with Gasteiger partial charge in [-0.15, -0.1) is 0 Å². The van der Waals surface area contributed by atoms with Crippen molar-refractivity contribution in [2.75, 3.05) is 26.7 Å². The molecule has 2 aliphatic rings. The van der Waals surface area contributed by atoms with E-state index in [-0.39, 0.29) is 6.09 Å². The zero-order chi connectivity index (χ0) is 16.2. The van der Waals surface area contributed by atoms with Crippen LogP contribution in [0.4, 0.5) is 4.79 Å². The third-order valence-corrected chi connectivity index (χ3v) is 4.61. The molecule has 0 aromatic rings. The molecule has 0 aromatic carbocycles. The highest BCUT2D eigenvalue weighted by atomic mass is 16.6. The van der Waals surface area contributed by atoms with Crippen LogP contribution in [0.2, 0.25) is 0 Å². The number of hydrogen-bond acceptors (Lipinski definition) is 4. The molecule has 1 aliphatic carbocycles. The van der Waals surface area contributed by atoms with E-state index in [1.807, 2.05) is 32.8 Å². The first-order chi connectivity index (χ1) is 10.4. The minimum Gasteiger partial charge on any atom is -0.444 e. The normalized spacial score (nSPS) is 29.6. The Morgan fingerprint density at radius 3 is 2.64 bits per heavy atom. The number of likely N-dealkylation sites (tertiary alicyclic amines) is 1. The molecule has 2 fully saturated rings. The van der Waals surface area contributed by atoms with Crippen LogP contribution in [0.1, 0.15) is 52.9 Å². The maximum atomic E-state index is 12.1. The van der Waals surface area contributed by atoms with Gasteiger partial charge in [-0.3, -0.25) is 0 Å². The van der Waals surface area contributed by atoms with Crippen LogP contribution < -0.4 is 5.32 Å². The summed E-state index contributed by atoms with van der Waals surface area (Å²) in [4.78, 5) is 13.9. The van der Waals surface area contributed by atoms with Crippen molar-refractivity contribution in [3.8, 4) is 0 Å². The molecule has 3 atom stereocenters. The van der Waals surface area contributed by atoms with Crippen molar-refractivity contribution < 1.29 is 14.3 Å². The summed E-state index contributed by atoms with van der Waals surface area (Å²) < 4.78 is 11.0. The van der Waals surface area contributed by atoms with Crippen LogP contribution in [-0.4, -0.2) is 55.5 Å². The van der Waals surface area contributed by atoms with Gasteiger partial charge in [0.15, 0.2) is 0 Å². The number of nitrogens with one attached hydrogen (secondary N) is 1. The second kappa shape index (κ2) is 7.64. The number of carbonyl (C=O) groups excluding carboxylic acids is 1. The van der Waals surface area contributed by atoms with Gasteiger partial charge in [-0.25, -0.2) is 4.79 Å². The third-order valence-electron chi connectivity index (χ3n) is 4.61. The monoisotopic (exact) mass is 312 g/mol. The number of rotatable bonds is 4. The highest BCUT2D eigenvalue weighted by molar-refractivity contribution is 5.68. The first-order valence-corrected chi connectivity index (χ1v) is 8.63. The van der Waals surface area contributed by atoms with Crippen LogP contribution in [-0.2, 0) is 9.47 Å². The van der Waals surface area contributed by atoms with Gasteiger partial charge in [0.05, 0.1) is 6.10 Å². The van der Waals surface area contributed by atoms with Crippen LogP contribution >= 0.6 is 0 Å². The molecule has 0 aromatic heterocycles. The molecule has 0 bridgehead atoms. The Morgan fingerprint density at radius 2 is 1.95 bits per heavy atom. The summed E-state index contributed by atoms with van der Waals surface area (Å²) in [7, 11) is 1.81. The van der Waals surface area contributed by atoms with Crippen LogP contribution in [0.5, 0.6) is 0 Å². The van der Waals surface area contributed by atoms with E-state index >= 15 is 0 Å². The first kappa shape index (κ1) is 17.5. The zero-order valence-electron chi connectivity index (χ0n) is 14.6. The number of methoxy groups -OCH3 is 1. The van der Waals surface area contributed by atoms with Crippen molar-refractivity contribution in [3.63, 3.8) is 0 Å². The number of amides is 1. The SMILES string of the molecule is COC1CCCCC1NCC1CCN(C(=O)OC(C)(C)C)C1. The van der Waals surface area contributed by atoms with Gasteiger partial charge in [-0.1, -0.05) is 12.8 Å². The summed E-state index contributed by atoms with van der Waals surface area (Å²) in [5, 5.41) is 3.67.